The van der Waals surface area contributed by atoms with Gasteiger partial charge in [-0.05, 0) is 37.3 Å². The highest BCUT2D eigenvalue weighted by atomic mass is 16.4. The Morgan fingerprint density at radius 3 is 2.56 bits per heavy atom. The van der Waals surface area contributed by atoms with Crippen LogP contribution in [0, 0.1) is 0 Å². The van der Waals surface area contributed by atoms with E-state index in [9.17, 15) is 14.4 Å². The van der Waals surface area contributed by atoms with E-state index in [0.29, 0.717) is 25.9 Å². The summed E-state index contributed by atoms with van der Waals surface area (Å²) in [5.74, 6) is -1.22. The Labute approximate surface area is 148 Å². The SMILES string of the molecule is CCc1ccccc1C(=O)N1CCCC(N(CC(=O)O)C(C)=O)CC1. The summed E-state index contributed by atoms with van der Waals surface area (Å²) in [6.45, 7) is 4.30. The molecular weight excluding hydrogens is 320 g/mol. The number of amides is 2. The fourth-order valence-corrected chi connectivity index (χ4v) is 3.44. The summed E-state index contributed by atoms with van der Waals surface area (Å²) in [5, 5.41) is 9.02. The van der Waals surface area contributed by atoms with Gasteiger partial charge in [0.05, 0.1) is 0 Å². The van der Waals surface area contributed by atoms with Gasteiger partial charge < -0.3 is 14.9 Å². The molecular formula is C19H26N2O4. The predicted octanol–water partition coefficient (Wildman–Crippen LogP) is 2.18. The fraction of sp³-hybridized carbons (Fsp3) is 0.526. The minimum Gasteiger partial charge on any atom is -0.480 e. The zero-order chi connectivity index (χ0) is 18.4. The third kappa shape index (κ3) is 4.81. The van der Waals surface area contributed by atoms with Crippen LogP contribution in [0.25, 0.3) is 0 Å². The number of hydrogen-bond donors (Lipinski definition) is 1. The van der Waals surface area contributed by atoms with Gasteiger partial charge in [0.2, 0.25) is 5.91 Å². The number of carbonyl (C=O) groups excluding carboxylic acids is 2. The Balaban J connectivity index is 2.09. The maximum atomic E-state index is 12.9. The van der Waals surface area contributed by atoms with E-state index in [2.05, 4.69) is 0 Å². The average Bonchev–Trinajstić information content (AvgIpc) is 2.84. The lowest BCUT2D eigenvalue weighted by Crippen LogP contribution is -2.43. The number of hydrogen-bond acceptors (Lipinski definition) is 3. The van der Waals surface area contributed by atoms with Crippen LogP contribution in [0.5, 0.6) is 0 Å². The van der Waals surface area contributed by atoms with Crippen LogP contribution < -0.4 is 0 Å². The molecule has 1 N–H and O–H groups in total. The summed E-state index contributed by atoms with van der Waals surface area (Å²) >= 11 is 0. The monoisotopic (exact) mass is 346 g/mol. The van der Waals surface area contributed by atoms with Crippen molar-refractivity contribution in [2.75, 3.05) is 19.6 Å². The molecule has 1 unspecified atom stereocenters. The molecule has 6 nitrogen and oxygen atoms in total. The zero-order valence-electron chi connectivity index (χ0n) is 14.9. The third-order valence-electron chi connectivity index (χ3n) is 4.76. The van der Waals surface area contributed by atoms with Crippen molar-refractivity contribution >= 4 is 17.8 Å². The predicted molar refractivity (Wildman–Crippen MR) is 94.4 cm³/mol. The van der Waals surface area contributed by atoms with Gasteiger partial charge in [-0.15, -0.1) is 0 Å². The first-order valence-corrected chi connectivity index (χ1v) is 8.80. The number of likely N-dealkylation sites (tertiary alicyclic amines) is 1. The Morgan fingerprint density at radius 2 is 1.92 bits per heavy atom. The van der Waals surface area contributed by atoms with Gasteiger partial charge in [-0.3, -0.25) is 14.4 Å². The third-order valence-corrected chi connectivity index (χ3v) is 4.76. The van der Waals surface area contributed by atoms with Crippen LogP contribution in [0.4, 0.5) is 0 Å². The quantitative estimate of drug-likeness (QED) is 0.886. The van der Waals surface area contributed by atoms with Crippen LogP contribution in [0.2, 0.25) is 0 Å². The van der Waals surface area contributed by atoms with E-state index in [0.717, 1.165) is 24.0 Å². The molecule has 25 heavy (non-hydrogen) atoms. The first-order chi connectivity index (χ1) is 11.9. The molecule has 1 aliphatic heterocycles. The van der Waals surface area contributed by atoms with E-state index in [1.54, 1.807) is 0 Å². The van der Waals surface area contributed by atoms with Crippen LogP contribution >= 0.6 is 0 Å². The van der Waals surface area contributed by atoms with Crippen molar-refractivity contribution in [1.29, 1.82) is 0 Å². The lowest BCUT2D eigenvalue weighted by molar-refractivity contribution is -0.145. The summed E-state index contributed by atoms with van der Waals surface area (Å²) < 4.78 is 0. The fourth-order valence-electron chi connectivity index (χ4n) is 3.44. The van der Waals surface area contributed by atoms with Gasteiger partial charge in [-0.1, -0.05) is 25.1 Å². The molecule has 1 fully saturated rings. The number of aliphatic carboxylic acids is 1. The normalized spacial score (nSPS) is 17.7. The van der Waals surface area contributed by atoms with Crippen molar-refractivity contribution in [2.45, 2.75) is 45.6 Å². The highest BCUT2D eigenvalue weighted by molar-refractivity contribution is 5.95. The lowest BCUT2D eigenvalue weighted by Gasteiger charge is -2.29. The van der Waals surface area contributed by atoms with Gasteiger partial charge >= 0.3 is 5.97 Å². The lowest BCUT2D eigenvalue weighted by atomic mass is 10.0. The zero-order valence-corrected chi connectivity index (χ0v) is 14.9. The highest BCUT2D eigenvalue weighted by Gasteiger charge is 2.28. The molecule has 1 heterocycles. The maximum absolute atomic E-state index is 12.9. The van der Waals surface area contributed by atoms with Crippen LogP contribution in [0.15, 0.2) is 24.3 Å². The number of carboxylic acid groups (broad SMARTS) is 1. The number of benzene rings is 1. The van der Waals surface area contributed by atoms with Crippen molar-refractivity contribution in [3.05, 3.63) is 35.4 Å². The number of carboxylic acids is 1. The molecule has 1 aliphatic rings. The molecule has 6 heteroatoms. The van der Waals surface area contributed by atoms with Crippen LogP contribution in [-0.2, 0) is 16.0 Å². The molecule has 0 aromatic heterocycles. The van der Waals surface area contributed by atoms with Gasteiger partial charge in [0.25, 0.3) is 5.91 Å². The second kappa shape index (κ2) is 8.65. The van der Waals surface area contributed by atoms with Crippen LogP contribution in [0.3, 0.4) is 0 Å². The summed E-state index contributed by atoms with van der Waals surface area (Å²) in [6, 6.07) is 7.50. The molecule has 2 amide bonds. The first-order valence-electron chi connectivity index (χ1n) is 8.80. The average molecular weight is 346 g/mol. The van der Waals surface area contributed by atoms with Gasteiger partial charge in [0, 0.05) is 31.6 Å². The summed E-state index contributed by atoms with van der Waals surface area (Å²) in [4.78, 5) is 38.9. The molecule has 0 bridgehead atoms. The molecule has 0 saturated carbocycles. The molecule has 136 valence electrons. The second-order valence-corrected chi connectivity index (χ2v) is 6.43. The van der Waals surface area contributed by atoms with Crippen molar-refractivity contribution in [2.24, 2.45) is 0 Å². The largest absolute Gasteiger partial charge is 0.480 e. The van der Waals surface area contributed by atoms with Crippen LogP contribution in [-0.4, -0.2) is 58.4 Å². The number of carbonyl (C=O) groups is 3. The highest BCUT2D eigenvalue weighted by Crippen LogP contribution is 2.20. The summed E-state index contributed by atoms with van der Waals surface area (Å²) in [6.07, 6.45) is 2.88. The minimum atomic E-state index is -1.01. The van der Waals surface area contributed by atoms with Crippen molar-refractivity contribution in [3.8, 4) is 0 Å². The second-order valence-electron chi connectivity index (χ2n) is 6.43. The molecule has 1 saturated heterocycles. The number of nitrogens with zero attached hydrogens (tertiary/aromatic N) is 2. The molecule has 1 aromatic carbocycles. The summed E-state index contributed by atoms with van der Waals surface area (Å²) in [5.41, 5.74) is 1.77. The Bertz CT molecular complexity index is 644. The van der Waals surface area contributed by atoms with E-state index in [1.807, 2.05) is 36.1 Å². The van der Waals surface area contributed by atoms with Crippen molar-refractivity contribution < 1.29 is 19.5 Å². The Hall–Kier alpha value is -2.37. The van der Waals surface area contributed by atoms with Gasteiger partial charge in [-0.2, -0.15) is 0 Å². The van der Waals surface area contributed by atoms with E-state index in [-0.39, 0.29) is 24.4 Å². The Kier molecular flexibility index (Phi) is 6.56. The molecule has 2 rings (SSSR count). The van der Waals surface area contributed by atoms with Crippen LogP contribution in [0.1, 0.15) is 49.0 Å². The van der Waals surface area contributed by atoms with E-state index in [1.165, 1.54) is 11.8 Å². The number of rotatable bonds is 5. The standard InChI is InChI=1S/C19H26N2O4/c1-3-15-7-4-5-9-17(15)19(25)20-11-6-8-16(10-12-20)21(14(2)22)13-18(23)24/h4-5,7,9,16H,3,6,8,10-13H2,1-2H3,(H,23,24). The topological polar surface area (TPSA) is 77.9 Å². The molecule has 0 aliphatic carbocycles. The van der Waals surface area contributed by atoms with Gasteiger partial charge in [-0.25, -0.2) is 0 Å². The van der Waals surface area contributed by atoms with E-state index < -0.39 is 5.97 Å². The first kappa shape index (κ1) is 19.0. The van der Waals surface area contributed by atoms with Gasteiger partial charge in [0.1, 0.15) is 6.54 Å². The maximum Gasteiger partial charge on any atom is 0.323 e. The molecule has 0 spiro atoms. The van der Waals surface area contributed by atoms with Crippen molar-refractivity contribution in [3.63, 3.8) is 0 Å². The smallest absolute Gasteiger partial charge is 0.323 e. The van der Waals surface area contributed by atoms with Gasteiger partial charge in [0.15, 0.2) is 0 Å². The van der Waals surface area contributed by atoms with Crippen molar-refractivity contribution in [1.82, 2.24) is 9.80 Å². The minimum absolute atomic E-state index is 0.0192. The molecule has 1 atom stereocenters. The van der Waals surface area contributed by atoms with E-state index >= 15 is 0 Å². The summed E-state index contributed by atoms with van der Waals surface area (Å²) in [7, 11) is 0. The van der Waals surface area contributed by atoms with E-state index in [4.69, 9.17) is 5.11 Å². The molecule has 0 radical (unpaired) electrons. The molecule has 1 aromatic rings. The number of aryl methyl sites for hydroxylation is 1. The Morgan fingerprint density at radius 1 is 1.20 bits per heavy atom.